The number of aliphatic hydroxyl groups is 1. The highest BCUT2D eigenvalue weighted by Gasteiger charge is 2.10. The standard InChI is InChI=1S/C16H15N3O4S.H2/c17-24(22,23)12-4-2-11(3-5-12)18-8-14-13-6-1-10(9-20)7-15(13)19-16(14)21;/h1-8,19-21H,9H2,(H2,17,22,23);1H. The van der Waals surface area contributed by atoms with E-state index in [0.717, 1.165) is 10.9 Å². The molecular formula is C16H17N3O4S. The van der Waals surface area contributed by atoms with Crippen LogP contribution in [-0.4, -0.2) is 29.8 Å². The number of H-pyrrole nitrogens is 1. The van der Waals surface area contributed by atoms with Crippen LogP contribution in [0.5, 0.6) is 5.88 Å². The van der Waals surface area contributed by atoms with E-state index >= 15 is 0 Å². The lowest BCUT2D eigenvalue weighted by atomic mass is 10.1. The van der Waals surface area contributed by atoms with E-state index in [1.165, 1.54) is 30.5 Å². The van der Waals surface area contributed by atoms with Gasteiger partial charge in [-0.25, -0.2) is 13.6 Å². The number of nitrogens with one attached hydrogen (secondary N) is 1. The van der Waals surface area contributed by atoms with Crippen LogP contribution in [0.3, 0.4) is 0 Å². The van der Waals surface area contributed by atoms with Crippen molar-refractivity contribution in [2.24, 2.45) is 10.1 Å². The Labute approximate surface area is 139 Å². The van der Waals surface area contributed by atoms with Gasteiger partial charge < -0.3 is 15.2 Å². The summed E-state index contributed by atoms with van der Waals surface area (Å²) in [6.45, 7) is -0.0878. The quantitative estimate of drug-likeness (QED) is 0.538. The number of aliphatic hydroxyl groups excluding tert-OH is 1. The summed E-state index contributed by atoms with van der Waals surface area (Å²) in [5.41, 5.74) is 2.43. The number of nitrogens with zero attached hydrogens (tertiary/aromatic N) is 1. The van der Waals surface area contributed by atoms with Gasteiger partial charge in [-0.15, -0.1) is 0 Å². The van der Waals surface area contributed by atoms with Gasteiger partial charge in [-0.05, 0) is 35.9 Å². The van der Waals surface area contributed by atoms with Crippen molar-refractivity contribution in [3.05, 3.63) is 53.6 Å². The van der Waals surface area contributed by atoms with Crippen molar-refractivity contribution in [3.63, 3.8) is 0 Å². The normalized spacial score (nSPS) is 12.2. The van der Waals surface area contributed by atoms with Crippen LogP contribution in [-0.2, 0) is 16.6 Å². The van der Waals surface area contributed by atoms with Crippen LogP contribution in [0.4, 0.5) is 5.69 Å². The van der Waals surface area contributed by atoms with Crippen LogP contribution in [0.25, 0.3) is 10.9 Å². The number of rotatable bonds is 4. The summed E-state index contributed by atoms with van der Waals surface area (Å²) in [7, 11) is -3.74. The van der Waals surface area contributed by atoms with E-state index in [1.807, 2.05) is 0 Å². The molecule has 2 aromatic carbocycles. The molecule has 0 aliphatic heterocycles. The topological polar surface area (TPSA) is 129 Å². The highest BCUT2D eigenvalue weighted by Crippen LogP contribution is 2.27. The maximum Gasteiger partial charge on any atom is 0.238 e. The van der Waals surface area contributed by atoms with Crippen molar-refractivity contribution in [2.45, 2.75) is 11.5 Å². The summed E-state index contributed by atoms with van der Waals surface area (Å²) in [6.07, 6.45) is 1.48. The average Bonchev–Trinajstić information content (AvgIpc) is 2.86. The van der Waals surface area contributed by atoms with Crippen LogP contribution < -0.4 is 5.14 Å². The van der Waals surface area contributed by atoms with Crippen molar-refractivity contribution in [1.29, 1.82) is 0 Å². The van der Waals surface area contributed by atoms with Crippen molar-refractivity contribution >= 4 is 32.8 Å². The zero-order valence-electron chi connectivity index (χ0n) is 12.5. The van der Waals surface area contributed by atoms with Gasteiger partial charge in [0.25, 0.3) is 0 Å². The summed E-state index contributed by atoms with van der Waals surface area (Å²) < 4.78 is 22.4. The molecule has 0 aliphatic carbocycles. The number of benzene rings is 2. The van der Waals surface area contributed by atoms with E-state index in [9.17, 15) is 13.5 Å². The van der Waals surface area contributed by atoms with Gasteiger partial charge in [0, 0.05) is 18.5 Å². The molecule has 0 atom stereocenters. The molecule has 0 saturated carbocycles. The van der Waals surface area contributed by atoms with E-state index in [2.05, 4.69) is 9.98 Å². The lowest BCUT2D eigenvalue weighted by Crippen LogP contribution is -2.11. The minimum Gasteiger partial charge on any atom is -0.494 e. The fraction of sp³-hybridized carbons (Fsp3) is 0.0625. The van der Waals surface area contributed by atoms with E-state index in [4.69, 9.17) is 10.2 Å². The molecule has 0 fully saturated rings. The van der Waals surface area contributed by atoms with Crippen LogP contribution in [0.15, 0.2) is 52.4 Å². The van der Waals surface area contributed by atoms with E-state index in [-0.39, 0.29) is 18.8 Å². The number of aromatic amines is 1. The predicted octanol–water partition coefficient (Wildman–Crippen LogP) is 2.01. The minimum absolute atomic E-state index is 0. The molecule has 24 heavy (non-hydrogen) atoms. The first-order valence-electron chi connectivity index (χ1n) is 7.00. The van der Waals surface area contributed by atoms with Gasteiger partial charge in [-0.1, -0.05) is 12.1 Å². The molecule has 0 spiro atoms. The number of hydrogen-bond donors (Lipinski definition) is 4. The maximum atomic E-state index is 11.2. The van der Waals surface area contributed by atoms with Gasteiger partial charge in [0.15, 0.2) is 5.88 Å². The largest absolute Gasteiger partial charge is 0.494 e. The third-order valence-corrected chi connectivity index (χ3v) is 4.50. The van der Waals surface area contributed by atoms with Gasteiger partial charge in [0.2, 0.25) is 10.0 Å². The lowest BCUT2D eigenvalue weighted by Gasteiger charge is -1.99. The molecule has 3 aromatic rings. The van der Waals surface area contributed by atoms with Crippen molar-refractivity contribution in [1.82, 2.24) is 4.98 Å². The van der Waals surface area contributed by atoms with Crippen LogP contribution in [0, 0.1) is 0 Å². The van der Waals surface area contributed by atoms with E-state index < -0.39 is 10.0 Å². The van der Waals surface area contributed by atoms with Gasteiger partial charge in [0.1, 0.15) is 0 Å². The molecule has 0 bridgehead atoms. The van der Waals surface area contributed by atoms with Gasteiger partial charge >= 0.3 is 0 Å². The molecule has 0 radical (unpaired) electrons. The Morgan fingerprint density at radius 3 is 2.54 bits per heavy atom. The van der Waals surface area contributed by atoms with Crippen molar-refractivity contribution in [2.75, 3.05) is 0 Å². The SMILES string of the molecule is NS(=O)(=O)c1ccc(N=Cc2c(O)[nH]c3cc(CO)ccc23)cc1.[HH]. The number of aliphatic imine (C=N–C) groups is 1. The fourth-order valence-corrected chi connectivity index (χ4v) is 2.86. The van der Waals surface area contributed by atoms with Gasteiger partial charge in [-0.3, -0.25) is 4.99 Å². The number of aromatic nitrogens is 1. The fourth-order valence-electron chi connectivity index (χ4n) is 2.34. The number of sulfonamides is 1. The minimum atomic E-state index is -3.74. The van der Waals surface area contributed by atoms with E-state index in [0.29, 0.717) is 16.8 Å². The molecule has 0 unspecified atom stereocenters. The zero-order chi connectivity index (χ0) is 17.3. The molecule has 126 valence electrons. The molecule has 3 rings (SSSR count). The van der Waals surface area contributed by atoms with Crippen molar-refractivity contribution < 1.29 is 20.1 Å². The molecule has 0 aliphatic rings. The molecule has 5 N–H and O–H groups in total. The number of primary sulfonamides is 1. The van der Waals surface area contributed by atoms with Crippen LogP contribution >= 0.6 is 0 Å². The molecule has 1 aromatic heterocycles. The van der Waals surface area contributed by atoms with Gasteiger partial charge in [0.05, 0.1) is 22.8 Å². The molecule has 0 saturated heterocycles. The Bertz CT molecular complexity index is 1030. The predicted molar refractivity (Wildman–Crippen MR) is 93.1 cm³/mol. The van der Waals surface area contributed by atoms with Crippen LogP contribution in [0.1, 0.15) is 12.6 Å². The van der Waals surface area contributed by atoms with E-state index in [1.54, 1.807) is 18.2 Å². The summed E-state index contributed by atoms with van der Waals surface area (Å²) in [6, 6.07) is 11.1. The Morgan fingerprint density at radius 1 is 1.21 bits per heavy atom. The Hall–Kier alpha value is -2.68. The first kappa shape index (κ1) is 16.2. The number of hydrogen-bond acceptors (Lipinski definition) is 5. The Balaban J connectivity index is 0.00000225. The first-order chi connectivity index (χ1) is 11.4. The monoisotopic (exact) mass is 347 g/mol. The van der Waals surface area contributed by atoms with Crippen molar-refractivity contribution in [3.8, 4) is 5.88 Å². The van der Waals surface area contributed by atoms with Gasteiger partial charge in [-0.2, -0.15) is 0 Å². The summed E-state index contributed by atoms with van der Waals surface area (Å²) in [5, 5.41) is 25.0. The highest BCUT2D eigenvalue weighted by molar-refractivity contribution is 7.89. The Morgan fingerprint density at radius 2 is 1.92 bits per heavy atom. The molecule has 7 nitrogen and oxygen atoms in total. The molecular weight excluding hydrogens is 330 g/mol. The zero-order valence-corrected chi connectivity index (χ0v) is 13.3. The number of nitrogens with two attached hydrogens (primary N) is 1. The summed E-state index contributed by atoms with van der Waals surface area (Å²) >= 11 is 0. The second-order valence-electron chi connectivity index (χ2n) is 5.22. The maximum absolute atomic E-state index is 11.2. The second kappa shape index (κ2) is 6.08. The summed E-state index contributed by atoms with van der Waals surface area (Å²) in [5.74, 6) is -0.0370. The average molecular weight is 347 g/mol. The second-order valence-corrected chi connectivity index (χ2v) is 6.78. The number of fused-ring (bicyclic) bond motifs is 1. The third kappa shape index (κ3) is 3.16. The molecule has 1 heterocycles. The Kier molecular flexibility index (Phi) is 4.10. The lowest BCUT2D eigenvalue weighted by molar-refractivity contribution is 0.282. The smallest absolute Gasteiger partial charge is 0.238 e. The van der Waals surface area contributed by atoms with Crippen LogP contribution in [0.2, 0.25) is 0 Å². The summed E-state index contributed by atoms with van der Waals surface area (Å²) in [4.78, 5) is 7.07. The molecule has 0 amide bonds. The third-order valence-electron chi connectivity index (χ3n) is 3.57. The number of aromatic hydroxyl groups is 1. The molecule has 8 heteroatoms. The highest BCUT2D eigenvalue weighted by atomic mass is 32.2. The first-order valence-corrected chi connectivity index (χ1v) is 8.54.